The number of pyridine rings is 1. The van der Waals surface area contributed by atoms with Gasteiger partial charge in [0.2, 0.25) is 0 Å². The molecular formula is C15H20BrClN2O3. The van der Waals surface area contributed by atoms with Crippen LogP contribution in [0.25, 0.3) is 0 Å². The van der Waals surface area contributed by atoms with Crippen molar-refractivity contribution in [1.29, 1.82) is 0 Å². The Labute approximate surface area is 144 Å². The third-order valence-electron chi connectivity index (χ3n) is 3.07. The molecule has 22 heavy (non-hydrogen) atoms. The number of morpholine rings is 1. The molecule has 1 aromatic heterocycles. The molecule has 0 spiro atoms. The molecule has 2 rings (SSSR count). The molecule has 2 heterocycles. The van der Waals surface area contributed by atoms with E-state index in [9.17, 15) is 4.79 Å². The van der Waals surface area contributed by atoms with Crippen LogP contribution in [0.3, 0.4) is 0 Å². The zero-order valence-corrected chi connectivity index (χ0v) is 15.4. The molecule has 1 aromatic rings. The average Bonchev–Trinajstić information content (AvgIpc) is 2.34. The summed E-state index contributed by atoms with van der Waals surface area (Å²) in [7, 11) is 0. The lowest BCUT2D eigenvalue weighted by molar-refractivity contribution is -0.0817. The second-order valence-corrected chi connectivity index (χ2v) is 7.57. The van der Waals surface area contributed by atoms with Gasteiger partial charge in [-0.25, -0.2) is 9.78 Å². The van der Waals surface area contributed by atoms with Gasteiger partial charge in [0, 0.05) is 0 Å². The number of carbonyl (C=O) groups excluding carboxylic acids is 1. The summed E-state index contributed by atoms with van der Waals surface area (Å²) in [4.78, 5) is 18.0. The highest BCUT2D eigenvalue weighted by atomic mass is 79.9. The van der Waals surface area contributed by atoms with Gasteiger partial charge in [0.05, 0.1) is 19.2 Å². The van der Waals surface area contributed by atoms with E-state index in [2.05, 4.69) is 20.9 Å². The molecule has 1 aliphatic rings. The molecular weight excluding hydrogens is 372 g/mol. The predicted molar refractivity (Wildman–Crippen MR) is 88.0 cm³/mol. The van der Waals surface area contributed by atoms with Gasteiger partial charge in [0.1, 0.15) is 21.5 Å². The number of amides is 1. The van der Waals surface area contributed by atoms with Crippen LogP contribution in [0.4, 0.5) is 4.79 Å². The normalized spacial score (nSPS) is 22.5. The van der Waals surface area contributed by atoms with E-state index in [-0.39, 0.29) is 18.3 Å². The lowest BCUT2D eigenvalue weighted by atomic mass is 10.1. The SMILES string of the molecule is C[C@H]1CN(C(=O)OC(C)(C)C)C[C@H](c2cc(Cl)nc(Br)c2)O1. The molecule has 0 bridgehead atoms. The monoisotopic (exact) mass is 390 g/mol. The van der Waals surface area contributed by atoms with Crippen LogP contribution in [0.2, 0.25) is 5.15 Å². The summed E-state index contributed by atoms with van der Waals surface area (Å²) in [6.45, 7) is 8.42. The van der Waals surface area contributed by atoms with E-state index < -0.39 is 5.60 Å². The maximum Gasteiger partial charge on any atom is 0.410 e. The lowest BCUT2D eigenvalue weighted by Crippen LogP contribution is -2.47. The summed E-state index contributed by atoms with van der Waals surface area (Å²) in [5.74, 6) is 0. The van der Waals surface area contributed by atoms with Crippen molar-refractivity contribution < 1.29 is 14.3 Å². The van der Waals surface area contributed by atoms with Crippen molar-refractivity contribution in [2.24, 2.45) is 0 Å². The number of hydrogen-bond acceptors (Lipinski definition) is 4. The molecule has 0 radical (unpaired) electrons. The highest BCUT2D eigenvalue weighted by Gasteiger charge is 2.32. The number of halogens is 2. The van der Waals surface area contributed by atoms with Crippen molar-refractivity contribution in [1.82, 2.24) is 9.88 Å². The molecule has 5 nitrogen and oxygen atoms in total. The van der Waals surface area contributed by atoms with Crippen LogP contribution in [-0.4, -0.2) is 40.8 Å². The van der Waals surface area contributed by atoms with E-state index in [0.717, 1.165) is 5.56 Å². The van der Waals surface area contributed by atoms with E-state index in [0.29, 0.717) is 22.8 Å². The van der Waals surface area contributed by atoms with Gasteiger partial charge in [-0.1, -0.05) is 11.6 Å². The number of ether oxygens (including phenoxy) is 2. The molecule has 2 atom stereocenters. The van der Waals surface area contributed by atoms with Crippen LogP contribution in [0.1, 0.15) is 39.4 Å². The van der Waals surface area contributed by atoms with E-state index in [1.165, 1.54) is 0 Å². The van der Waals surface area contributed by atoms with Crippen molar-refractivity contribution in [3.63, 3.8) is 0 Å². The zero-order chi connectivity index (χ0) is 16.5. The highest BCUT2D eigenvalue weighted by molar-refractivity contribution is 9.10. The van der Waals surface area contributed by atoms with Crippen molar-refractivity contribution in [2.75, 3.05) is 13.1 Å². The molecule has 1 aliphatic heterocycles. The quantitative estimate of drug-likeness (QED) is 0.673. The largest absolute Gasteiger partial charge is 0.444 e. The Kier molecular flexibility index (Phi) is 5.35. The number of aromatic nitrogens is 1. The molecule has 0 saturated carbocycles. The predicted octanol–water partition coefficient (Wildman–Crippen LogP) is 4.19. The Bertz CT molecular complexity index is 542. The maximum absolute atomic E-state index is 12.3. The standard InChI is InChI=1S/C15H20BrClN2O3/c1-9-7-19(14(20)22-15(2,3)4)8-11(21-9)10-5-12(16)18-13(17)6-10/h5-6,9,11H,7-8H2,1-4H3/t9-,11+/m0/s1. The molecule has 122 valence electrons. The first kappa shape index (κ1) is 17.5. The van der Waals surface area contributed by atoms with Gasteiger partial charge >= 0.3 is 6.09 Å². The minimum atomic E-state index is -0.517. The molecule has 0 unspecified atom stereocenters. The van der Waals surface area contributed by atoms with Gasteiger partial charge in [-0.15, -0.1) is 0 Å². The van der Waals surface area contributed by atoms with Crippen LogP contribution in [0.15, 0.2) is 16.7 Å². The Morgan fingerprint density at radius 3 is 2.73 bits per heavy atom. The maximum atomic E-state index is 12.3. The molecule has 0 aromatic carbocycles. The summed E-state index contributed by atoms with van der Waals surface area (Å²) in [5.41, 5.74) is 0.365. The van der Waals surface area contributed by atoms with Crippen LogP contribution in [0.5, 0.6) is 0 Å². The minimum absolute atomic E-state index is 0.0861. The fourth-order valence-corrected chi connectivity index (χ4v) is 3.05. The van der Waals surface area contributed by atoms with Gasteiger partial charge in [0.15, 0.2) is 0 Å². The Balaban J connectivity index is 2.15. The van der Waals surface area contributed by atoms with Gasteiger partial charge in [-0.2, -0.15) is 0 Å². The fraction of sp³-hybridized carbons (Fsp3) is 0.600. The van der Waals surface area contributed by atoms with Crippen molar-refractivity contribution in [2.45, 2.75) is 45.5 Å². The fourth-order valence-electron chi connectivity index (χ4n) is 2.28. The van der Waals surface area contributed by atoms with Crippen molar-refractivity contribution in [3.8, 4) is 0 Å². The summed E-state index contributed by atoms with van der Waals surface area (Å²) in [6, 6.07) is 3.60. The van der Waals surface area contributed by atoms with E-state index in [1.807, 2.05) is 33.8 Å². The summed E-state index contributed by atoms with van der Waals surface area (Å²) in [6.07, 6.45) is -0.670. The van der Waals surface area contributed by atoms with E-state index in [1.54, 1.807) is 11.0 Å². The highest BCUT2D eigenvalue weighted by Crippen LogP contribution is 2.29. The molecule has 1 saturated heterocycles. The third kappa shape index (κ3) is 4.83. The number of nitrogens with zero attached hydrogens (tertiary/aromatic N) is 2. The summed E-state index contributed by atoms with van der Waals surface area (Å²) >= 11 is 9.31. The van der Waals surface area contributed by atoms with Gasteiger partial charge in [0.25, 0.3) is 0 Å². The number of carbonyl (C=O) groups is 1. The smallest absolute Gasteiger partial charge is 0.410 e. The lowest BCUT2D eigenvalue weighted by Gasteiger charge is -2.37. The molecule has 1 amide bonds. The van der Waals surface area contributed by atoms with Gasteiger partial charge in [-0.3, -0.25) is 0 Å². The molecule has 0 aliphatic carbocycles. The van der Waals surface area contributed by atoms with Crippen LogP contribution >= 0.6 is 27.5 Å². The second kappa shape index (κ2) is 6.72. The Hall–Kier alpha value is -0.850. The first-order valence-corrected chi connectivity index (χ1v) is 8.27. The van der Waals surface area contributed by atoms with Crippen LogP contribution < -0.4 is 0 Å². The van der Waals surface area contributed by atoms with Gasteiger partial charge in [-0.05, 0) is 61.3 Å². The second-order valence-electron chi connectivity index (χ2n) is 6.37. The summed E-state index contributed by atoms with van der Waals surface area (Å²) < 4.78 is 12.0. The van der Waals surface area contributed by atoms with E-state index in [4.69, 9.17) is 21.1 Å². The molecule has 1 fully saturated rings. The average molecular weight is 392 g/mol. The van der Waals surface area contributed by atoms with E-state index >= 15 is 0 Å². The van der Waals surface area contributed by atoms with Crippen LogP contribution in [-0.2, 0) is 9.47 Å². The zero-order valence-electron chi connectivity index (χ0n) is 13.1. The summed E-state index contributed by atoms with van der Waals surface area (Å²) in [5, 5.41) is 0.384. The van der Waals surface area contributed by atoms with Gasteiger partial charge < -0.3 is 14.4 Å². The van der Waals surface area contributed by atoms with Crippen LogP contribution in [0, 0.1) is 0 Å². The number of hydrogen-bond donors (Lipinski definition) is 0. The van der Waals surface area contributed by atoms with Crippen molar-refractivity contribution >= 4 is 33.6 Å². The minimum Gasteiger partial charge on any atom is -0.444 e. The molecule has 0 N–H and O–H groups in total. The van der Waals surface area contributed by atoms with Crippen molar-refractivity contribution in [3.05, 3.63) is 27.5 Å². The Morgan fingerprint density at radius 1 is 1.45 bits per heavy atom. The topological polar surface area (TPSA) is 51.7 Å². The third-order valence-corrected chi connectivity index (χ3v) is 3.67. The Morgan fingerprint density at radius 2 is 2.14 bits per heavy atom. The number of rotatable bonds is 1. The first-order chi connectivity index (χ1) is 10.1. The first-order valence-electron chi connectivity index (χ1n) is 7.10. The molecule has 7 heteroatoms.